The third kappa shape index (κ3) is 5.94. The molecule has 0 aromatic heterocycles. The summed E-state index contributed by atoms with van der Waals surface area (Å²) in [6.45, 7) is 1.52. The maximum absolute atomic E-state index is 12.8. The van der Waals surface area contributed by atoms with Crippen LogP contribution >= 0.6 is 0 Å². The first-order chi connectivity index (χ1) is 11.3. The predicted molar refractivity (Wildman–Crippen MR) is 92.2 cm³/mol. The summed E-state index contributed by atoms with van der Waals surface area (Å²) in [4.78, 5) is 11.7. The predicted octanol–water partition coefficient (Wildman–Crippen LogP) is 2.66. The van der Waals surface area contributed by atoms with Gasteiger partial charge in [0.15, 0.2) is 0 Å². The van der Waals surface area contributed by atoms with E-state index in [-0.39, 0.29) is 0 Å². The molecule has 126 valence electrons. The molecular formula is C17H17FN2O3S. The second-order valence-corrected chi connectivity index (χ2v) is 6.79. The highest BCUT2D eigenvalue weighted by Crippen LogP contribution is 2.08. The lowest BCUT2D eigenvalue weighted by molar-refractivity contribution is -0.115. The molecule has 0 radical (unpaired) electrons. The van der Waals surface area contributed by atoms with Gasteiger partial charge in [0.1, 0.15) is 5.82 Å². The van der Waals surface area contributed by atoms with Crippen molar-refractivity contribution in [3.63, 3.8) is 0 Å². The molecule has 2 N–H and O–H groups in total. The molecule has 0 saturated heterocycles. The van der Waals surface area contributed by atoms with Crippen LogP contribution in [0.3, 0.4) is 0 Å². The number of aryl methyl sites for hydroxylation is 1. The van der Waals surface area contributed by atoms with Gasteiger partial charge in [0.05, 0.1) is 6.54 Å². The van der Waals surface area contributed by atoms with Gasteiger partial charge in [-0.25, -0.2) is 17.5 Å². The number of sulfonamides is 1. The zero-order chi connectivity index (χ0) is 17.6. The summed E-state index contributed by atoms with van der Waals surface area (Å²) in [5.41, 5.74) is 2.20. The topological polar surface area (TPSA) is 75.3 Å². The Morgan fingerprint density at radius 1 is 1.08 bits per heavy atom. The fourth-order valence-electron chi connectivity index (χ4n) is 1.80. The van der Waals surface area contributed by atoms with Crippen LogP contribution in [-0.4, -0.2) is 20.9 Å². The van der Waals surface area contributed by atoms with E-state index in [1.54, 1.807) is 12.1 Å². The van der Waals surface area contributed by atoms with Crippen LogP contribution in [0.4, 0.5) is 10.1 Å². The van der Waals surface area contributed by atoms with Crippen molar-refractivity contribution >= 4 is 27.7 Å². The van der Waals surface area contributed by atoms with E-state index in [1.165, 1.54) is 30.3 Å². The minimum atomic E-state index is -3.74. The number of benzene rings is 2. The smallest absolute Gasteiger partial charge is 0.239 e. The van der Waals surface area contributed by atoms with Crippen molar-refractivity contribution in [2.24, 2.45) is 0 Å². The molecule has 0 aliphatic heterocycles. The Hall–Kier alpha value is -2.51. The molecule has 5 nitrogen and oxygen atoms in total. The highest BCUT2D eigenvalue weighted by atomic mass is 32.2. The Morgan fingerprint density at radius 2 is 1.71 bits per heavy atom. The minimum Gasteiger partial charge on any atom is -0.325 e. The molecule has 7 heteroatoms. The minimum absolute atomic E-state index is 0.385. The third-order valence-corrected chi connectivity index (χ3v) is 4.12. The number of carbonyl (C=O) groups excluding carboxylic acids is 1. The van der Waals surface area contributed by atoms with E-state index in [0.717, 1.165) is 16.5 Å². The SMILES string of the molecule is Cc1ccc(C=CS(=O)(=O)NCC(=O)Nc2ccc(F)cc2)cc1. The third-order valence-electron chi connectivity index (χ3n) is 3.08. The maximum atomic E-state index is 12.8. The van der Waals surface area contributed by atoms with E-state index in [4.69, 9.17) is 0 Å². The summed E-state index contributed by atoms with van der Waals surface area (Å²) in [6, 6.07) is 12.5. The molecule has 2 rings (SSSR count). The van der Waals surface area contributed by atoms with Crippen LogP contribution in [0.2, 0.25) is 0 Å². The summed E-state index contributed by atoms with van der Waals surface area (Å²) in [6.07, 6.45) is 1.44. The zero-order valence-electron chi connectivity index (χ0n) is 13.0. The lowest BCUT2D eigenvalue weighted by Crippen LogP contribution is -2.31. The lowest BCUT2D eigenvalue weighted by atomic mass is 10.2. The number of carbonyl (C=O) groups is 1. The fraction of sp³-hybridized carbons (Fsp3) is 0.118. The van der Waals surface area contributed by atoms with Crippen molar-refractivity contribution in [3.8, 4) is 0 Å². The van der Waals surface area contributed by atoms with Crippen LogP contribution in [0.5, 0.6) is 0 Å². The number of hydrogen-bond acceptors (Lipinski definition) is 3. The standard InChI is InChI=1S/C17H17FN2O3S/c1-13-2-4-14(5-3-13)10-11-24(22,23)19-12-17(21)20-16-8-6-15(18)7-9-16/h2-11,19H,12H2,1H3,(H,20,21). The summed E-state index contributed by atoms with van der Waals surface area (Å²) in [7, 11) is -3.74. The first-order valence-corrected chi connectivity index (χ1v) is 8.68. The van der Waals surface area contributed by atoms with Gasteiger partial charge < -0.3 is 5.32 Å². The zero-order valence-corrected chi connectivity index (χ0v) is 13.8. The molecule has 0 spiro atoms. The van der Waals surface area contributed by atoms with Gasteiger partial charge in [-0.1, -0.05) is 29.8 Å². The second kappa shape index (κ2) is 7.85. The van der Waals surface area contributed by atoms with E-state index in [0.29, 0.717) is 5.69 Å². The molecule has 0 aliphatic carbocycles. The summed E-state index contributed by atoms with van der Waals surface area (Å²) < 4.78 is 38.6. The first-order valence-electron chi connectivity index (χ1n) is 7.14. The molecule has 0 heterocycles. The lowest BCUT2D eigenvalue weighted by Gasteiger charge is -2.05. The van der Waals surface area contributed by atoms with Crippen LogP contribution in [0.15, 0.2) is 53.9 Å². The van der Waals surface area contributed by atoms with Gasteiger partial charge in [-0.15, -0.1) is 0 Å². The molecule has 2 aromatic carbocycles. The van der Waals surface area contributed by atoms with Crippen molar-refractivity contribution in [2.75, 3.05) is 11.9 Å². The second-order valence-electron chi connectivity index (χ2n) is 5.13. The molecule has 0 aliphatic rings. The van der Waals surface area contributed by atoms with Gasteiger partial charge >= 0.3 is 0 Å². The molecule has 0 unspecified atom stereocenters. The van der Waals surface area contributed by atoms with Crippen molar-refractivity contribution in [1.29, 1.82) is 0 Å². The Kier molecular flexibility index (Phi) is 5.83. The van der Waals surface area contributed by atoms with Gasteiger partial charge in [-0.2, -0.15) is 0 Å². The summed E-state index contributed by atoms with van der Waals surface area (Å²) >= 11 is 0. The van der Waals surface area contributed by atoms with Crippen molar-refractivity contribution in [3.05, 3.63) is 70.9 Å². The Balaban J connectivity index is 1.88. The number of anilines is 1. The monoisotopic (exact) mass is 348 g/mol. The average Bonchev–Trinajstić information content (AvgIpc) is 2.55. The molecule has 2 aromatic rings. The van der Waals surface area contributed by atoms with Crippen LogP contribution < -0.4 is 10.0 Å². The summed E-state index contributed by atoms with van der Waals surface area (Å²) in [5, 5.41) is 3.47. The van der Waals surface area contributed by atoms with Gasteiger partial charge in [0.25, 0.3) is 0 Å². The van der Waals surface area contributed by atoms with Gasteiger partial charge in [-0.3, -0.25) is 4.79 Å². The van der Waals surface area contributed by atoms with Gasteiger partial charge in [0, 0.05) is 11.1 Å². The molecule has 0 bridgehead atoms. The van der Waals surface area contributed by atoms with E-state index in [1.807, 2.05) is 19.1 Å². The number of amides is 1. The van der Waals surface area contributed by atoms with E-state index < -0.39 is 28.3 Å². The Morgan fingerprint density at radius 3 is 2.33 bits per heavy atom. The molecule has 24 heavy (non-hydrogen) atoms. The van der Waals surface area contributed by atoms with E-state index in [9.17, 15) is 17.6 Å². The first kappa shape index (κ1) is 17.8. The van der Waals surface area contributed by atoms with Crippen LogP contribution in [0, 0.1) is 12.7 Å². The summed E-state index contributed by atoms with van der Waals surface area (Å²) in [5.74, 6) is -0.969. The van der Waals surface area contributed by atoms with Gasteiger partial charge in [0.2, 0.25) is 15.9 Å². The molecule has 0 fully saturated rings. The van der Waals surface area contributed by atoms with Crippen molar-refractivity contribution < 1.29 is 17.6 Å². The highest BCUT2D eigenvalue weighted by Gasteiger charge is 2.09. The Labute approximate surface area is 140 Å². The normalized spacial score (nSPS) is 11.6. The number of rotatable bonds is 6. The number of halogens is 1. The number of hydrogen-bond donors (Lipinski definition) is 2. The highest BCUT2D eigenvalue weighted by molar-refractivity contribution is 7.92. The quantitative estimate of drug-likeness (QED) is 0.843. The van der Waals surface area contributed by atoms with Crippen LogP contribution in [-0.2, 0) is 14.8 Å². The average molecular weight is 348 g/mol. The maximum Gasteiger partial charge on any atom is 0.239 e. The number of nitrogens with one attached hydrogen (secondary N) is 2. The van der Waals surface area contributed by atoms with Crippen LogP contribution in [0.1, 0.15) is 11.1 Å². The van der Waals surface area contributed by atoms with Crippen molar-refractivity contribution in [1.82, 2.24) is 4.72 Å². The van der Waals surface area contributed by atoms with E-state index in [2.05, 4.69) is 10.0 Å². The largest absolute Gasteiger partial charge is 0.325 e. The van der Waals surface area contributed by atoms with Gasteiger partial charge in [-0.05, 0) is 42.8 Å². The Bertz CT molecular complexity index is 829. The molecule has 0 atom stereocenters. The van der Waals surface area contributed by atoms with E-state index >= 15 is 0 Å². The fourth-order valence-corrected chi connectivity index (χ4v) is 2.56. The van der Waals surface area contributed by atoms with Crippen LogP contribution in [0.25, 0.3) is 6.08 Å². The molecule has 1 amide bonds. The molecule has 0 saturated carbocycles. The van der Waals surface area contributed by atoms with Crippen molar-refractivity contribution in [2.45, 2.75) is 6.92 Å². The molecular weight excluding hydrogens is 331 g/mol.